The van der Waals surface area contributed by atoms with Crippen LogP contribution < -0.4 is 5.73 Å². The van der Waals surface area contributed by atoms with E-state index in [1.54, 1.807) is 12.3 Å². The molecule has 2 fully saturated rings. The van der Waals surface area contributed by atoms with E-state index in [0.29, 0.717) is 23.7 Å². The summed E-state index contributed by atoms with van der Waals surface area (Å²) in [5, 5.41) is 8.66. The van der Waals surface area contributed by atoms with Crippen molar-refractivity contribution >= 4 is 17.5 Å². The standard InChI is InChI=1S/C20H30N4O2.C7H5F3O.C3H8/c1-3-5-18-15(19(25)23-11-8-14(2)13-23)6-4-10-24(18)20(26)16-12-22-9-7-17(16)21;8-7(9,10)5-1-3-6(11)4-2-5;1-3-2/h7,9,12,14-15,18H,3-6,8,10-11,13H2,1-2H3,(H2,21,22);1-4,11H;3H2,1-2H3. The zero-order chi connectivity index (χ0) is 29.9. The van der Waals surface area contributed by atoms with Gasteiger partial charge in [-0.1, -0.05) is 40.5 Å². The van der Waals surface area contributed by atoms with E-state index in [4.69, 9.17) is 10.8 Å². The van der Waals surface area contributed by atoms with Crippen LogP contribution in [-0.4, -0.2) is 57.4 Å². The SMILES string of the molecule is CCC.CCCC1C(C(=O)N2CCC(C)C2)CCCN1C(=O)c1cnccc1N.Oc1ccc(C(F)(F)F)cc1. The van der Waals surface area contributed by atoms with E-state index in [1.165, 1.54) is 12.6 Å². The quantitative estimate of drug-likeness (QED) is 0.449. The van der Waals surface area contributed by atoms with Gasteiger partial charge in [-0.25, -0.2) is 0 Å². The number of rotatable bonds is 4. The van der Waals surface area contributed by atoms with Crippen LogP contribution in [0.5, 0.6) is 5.75 Å². The number of phenols is 1. The molecule has 2 aromatic rings. The van der Waals surface area contributed by atoms with Gasteiger partial charge in [0.25, 0.3) is 5.91 Å². The summed E-state index contributed by atoms with van der Waals surface area (Å²) in [5.74, 6) is 0.430. The topological polar surface area (TPSA) is 99.8 Å². The number of pyridine rings is 1. The molecule has 4 rings (SSSR count). The number of aromatic nitrogens is 1. The van der Waals surface area contributed by atoms with Crippen molar-refractivity contribution in [2.75, 3.05) is 25.4 Å². The first-order chi connectivity index (χ1) is 18.9. The number of nitrogen functional groups attached to an aromatic ring is 1. The first-order valence-corrected chi connectivity index (χ1v) is 14.1. The van der Waals surface area contributed by atoms with Crippen LogP contribution in [0.3, 0.4) is 0 Å². The Labute approximate surface area is 235 Å². The fraction of sp³-hybridized carbons (Fsp3) is 0.567. The molecule has 10 heteroatoms. The number of carbonyl (C=O) groups excluding carboxylic acids is 2. The highest BCUT2D eigenvalue weighted by Gasteiger charge is 2.41. The number of piperidine rings is 1. The number of phenolic OH excluding ortho intramolecular Hbond substituents is 1. The van der Waals surface area contributed by atoms with Crippen molar-refractivity contribution in [2.24, 2.45) is 11.8 Å². The number of nitrogens with two attached hydrogens (primary N) is 1. The normalized spacial score (nSPS) is 20.6. The van der Waals surface area contributed by atoms with Gasteiger partial charge in [-0.15, -0.1) is 0 Å². The summed E-state index contributed by atoms with van der Waals surface area (Å²) in [6.07, 6.45) is 4.62. The number of anilines is 1. The number of likely N-dealkylation sites (tertiary alicyclic amines) is 2. The fourth-order valence-electron chi connectivity index (χ4n) is 5.01. The highest BCUT2D eigenvalue weighted by Crippen LogP contribution is 2.32. The molecular weight excluding hydrogens is 521 g/mol. The molecule has 2 saturated heterocycles. The molecule has 2 aliphatic rings. The number of hydrogen-bond acceptors (Lipinski definition) is 5. The monoisotopic (exact) mass is 564 g/mol. The molecule has 3 atom stereocenters. The van der Waals surface area contributed by atoms with Gasteiger partial charge in [0, 0.05) is 43.8 Å². The molecule has 0 radical (unpaired) electrons. The second-order valence-corrected chi connectivity index (χ2v) is 10.5. The smallest absolute Gasteiger partial charge is 0.416 e. The molecule has 3 heterocycles. The summed E-state index contributed by atoms with van der Waals surface area (Å²) >= 11 is 0. The maximum Gasteiger partial charge on any atom is 0.416 e. The van der Waals surface area contributed by atoms with Crippen LogP contribution in [-0.2, 0) is 11.0 Å². The minimum Gasteiger partial charge on any atom is -0.508 e. The summed E-state index contributed by atoms with van der Waals surface area (Å²) in [7, 11) is 0. The summed E-state index contributed by atoms with van der Waals surface area (Å²) in [6, 6.07) is 5.26. The zero-order valence-corrected chi connectivity index (χ0v) is 24.0. The van der Waals surface area contributed by atoms with E-state index in [-0.39, 0.29) is 29.5 Å². The lowest BCUT2D eigenvalue weighted by atomic mass is 9.84. The summed E-state index contributed by atoms with van der Waals surface area (Å²) in [4.78, 5) is 34.2. The first-order valence-electron chi connectivity index (χ1n) is 14.1. The molecule has 1 aromatic heterocycles. The molecule has 3 N–H and O–H groups in total. The van der Waals surface area contributed by atoms with E-state index >= 15 is 0 Å². The van der Waals surface area contributed by atoms with Crippen molar-refractivity contribution in [3.05, 3.63) is 53.9 Å². The lowest BCUT2D eigenvalue weighted by Crippen LogP contribution is -2.53. The number of alkyl halides is 3. The summed E-state index contributed by atoms with van der Waals surface area (Å²) in [6.45, 7) is 10.9. The largest absolute Gasteiger partial charge is 0.508 e. The minimum atomic E-state index is -4.33. The number of hydrogen-bond donors (Lipinski definition) is 2. The van der Waals surface area contributed by atoms with Gasteiger partial charge < -0.3 is 20.6 Å². The van der Waals surface area contributed by atoms with Gasteiger partial charge in [0.15, 0.2) is 0 Å². The molecule has 1 aromatic carbocycles. The van der Waals surface area contributed by atoms with Crippen molar-refractivity contribution in [1.29, 1.82) is 0 Å². The van der Waals surface area contributed by atoms with Crippen LogP contribution in [0.25, 0.3) is 0 Å². The molecule has 0 bridgehead atoms. The lowest BCUT2D eigenvalue weighted by Gasteiger charge is -2.42. The zero-order valence-electron chi connectivity index (χ0n) is 24.0. The number of aromatic hydroxyl groups is 1. The van der Waals surface area contributed by atoms with E-state index < -0.39 is 11.7 Å². The van der Waals surface area contributed by atoms with Crippen LogP contribution in [0, 0.1) is 11.8 Å². The van der Waals surface area contributed by atoms with Crippen LogP contribution >= 0.6 is 0 Å². The third kappa shape index (κ3) is 9.13. The number of halogens is 3. The van der Waals surface area contributed by atoms with Crippen molar-refractivity contribution in [3.8, 4) is 5.75 Å². The number of amides is 2. The van der Waals surface area contributed by atoms with E-state index in [9.17, 15) is 22.8 Å². The maximum atomic E-state index is 13.2. The molecule has 222 valence electrons. The number of carbonyl (C=O) groups is 2. The molecule has 40 heavy (non-hydrogen) atoms. The third-order valence-corrected chi connectivity index (χ3v) is 6.96. The van der Waals surface area contributed by atoms with Crippen molar-refractivity contribution in [3.63, 3.8) is 0 Å². The first kappa shape index (κ1) is 32.9. The van der Waals surface area contributed by atoms with Crippen LogP contribution in [0.2, 0.25) is 0 Å². The Bertz CT molecular complexity index is 1080. The van der Waals surface area contributed by atoms with E-state index in [0.717, 1.165) is 69.5 Å². The highest BCUT2D eigenvalue weighted by molar-refractivity contribution is 5.99. The van der Waals surface area contributed by atoms with Gasteiger partial charge in [-0.2, -0.15) is 13.2 Å². The second kappa shape index (κ2) is 15.5. The Morgan fingerprint density at radius 3 is 2.25 bits per heavy atom. The Hall–Kier alpha value is -3.30. The predicted molar refractivity (Wildman–Crippen MR) is 151 cm³/mol. The van der Waals surface area contributed by atoms with Gasteiger partial charge in [-0.05, 0) is 61.9 Å². The van der Waals surface area contributed by atoms with E-state index in [2.05, 4.69) is 32.7 Å². The predicted octanol–water partition coefficient (Wildman–Crippen LogP) is 6.38. The van der Waals surface area contributed by atoms with Gasteiger partial charge in [0.05, 0.1) is 17.0 Å². The molecule has 2 amide bonds. The van der Waals surface area contributed by atoms with Gasteiger partial charge in [-0.3, -0.25) is 14.6 Å². The Kier molecular flexibility index (Phi) is 12.7. The molecule has 0 saturated carbocycles. The summed E-state index contributed by atoms with van der Waals surface area (Å²) < 4.78 is 35.5. The lowest BCUT2D eigenvalue weighted by molar-refractivity contribution is -0.138. The molecule has 3 unspecified atom stereocenters. The second-order valence-electron chi connectivity index (χ2n) is 10.5. The van der Waals surface area contributed by atoms with Gasteiger partial charge in [0.1, 0.15) is 5.75 Å². The van der Waals surface area contributed by atoms with Crippen LogP contribution in [0.1, 0.15) is 82.1 Å². The Morgan fingerprint density at radius 2 is 1.73 bits per heavy atom. The maximum absolute atomic E-state index is 13.2. The minimum absolute atomic E-state index is 0.0516. The van der Waals surface area contributed by atoms with Crippen molar-refractivity contribution in [2.45, 2.75) is 78.4 Å². The average Bonchev–Trinajstić information content (AvgIpc) is 3.35. The van der Waals surface area contributed by atoms with Gasteiger partial charge >= 0.3 is 6.18 Å². The molecule has 2 aliphatic heterocycles. The number of nitrogens with zero attached hydrogens (tertiary/aromatic N) is 3. The summed E-state index contributed by atoms with van der Waals surface area (Å²) in [5.41, 5.74) is 6.13. The number of benzene rings is 1. The third-order valence-electron chi connectivity index (χ3n) is 6.96. The Balaban J connectivity index is 0.000000333. The van der Waals surface area contributed by atoms with Crippen molar-refractivity contribution in [1.82, 2.24) is 14.8 Å². The van der Waals surface area contributed by atoms with Crippen molar-refractivity contribution < 1.29 is 27.9 Å². The van der Waals surface area contributed by atoms with Gasteiger partial charge in [0.2, 0.25) is 5.91 Å². The molecule has 0 spiro atoms. The van der Waals surface area contributed by atoms with Crippen LogP contribution in [0.4, 0.5) is 18.9 Å². The van der Waals surface area contributed by atoms with E-state index in [1.807, 2.05) is 9.80 Å². The molecule has 7 nitrogen and oxygen atoms in total. The average molecular weight is 565 g/mol. The van der Waals surface area contributed by atoms with Crippen LogP contribution in [0.15, 0.2) is 42.7 Å². The molecule has 0 aliphatic carbocycles. The Morgan fingerprint density at radius 1 is 1.07 bits per heavy atom. The highest BCUT2D eigenvalue weighted by atomic mass is 19.4. The fourth-order valence-corrected chi connectivity index (χ4v) is 5.01. The molecular formula is C30H43F3N4O3.